The summed E-state index contributed by atoms with van der Waals surface area (Å²) in [4.78, 5) is 20.5. The standard InChI is InChI=1S/C20H29N5O2S/c1-12-10-17(27-4)14(3)13(2)15(12)11-25-20(22)24-7-5-6-16(21)18(26)19-23-8-9-28-19/h8-10,16H,5-7,11,21H2,1-4H3,(H3,22,24,25). The van der Waals surface area contributed by atoms with Crippen LogP contribution in [0.5, 0.6) is 5.75 Å². The van der Waals surface area contributed by atoms with Gasteiger partial charge in [-0.25, -0.2) is 9.98 Å². The number of Topliss-reactive ketones (excluding diaryl/α,β-unsaturated/α-hetero) is 1. The number of ketones is 1. The molecule has 1 unspecified atom stereocenters. The molecule has 2 aromatic rings. The third-order valence-corrected chi connectivity index (χ3v) is 5.60. The quantitative estimate of drug-likeness (QED) is 0.256. The lowest BCUT2D eigenvalue weighted by molar-refractivity contribution is 0.0956. The Morgan fingerprint density at radius 1 is 1.36 bits per heavy atom. The molecule has 2 rings (SSSR count). The fraction of sp³-hybridized carbons (Fsp3) is 0.450. The lowest BCUT2D eigenvalue weighted by Crippen LogP contribution is -2.35. The van der Waals surface area contributed by atoms with E-state index in [4.69, 9.17) is 16.2 Å². The van der Waals surface area contributed by atoms with Gasteiger partial charge in [0.25, 0.3) is 0 Å². The van der Waals surface area contributed by atoms with E-state index in [1.165, 1.54) is 16.9 Å². The molecule has 1 atom stereocenters. The Kier molecular flexibility index (Phi) is 7.95. The second-order valence-corrected chi connectivity index (χ2v) is 7.60. The van der Waals surface area contributed by atoms with E-state index in [9.17, 15) is 4.79 Å². The molecule has 1 aromatic heterocycles. The van der Waals surface area contributed by atoms with Crippen LogP contribution in [-0.2, 0) is 6.54 Å². The summed E-state index contributed by atoms with van der Waals surface area (Å²) >= 11 is 1.31. The number of carbonyl (C=O) groups is 1. The monoisotopic (exact) mass is 403 g/mol. The topological polar surface area (TPSA) is 116 Å². The van der Waals surface area contributed by atoms with Crippen molar-refractivity contribution >= 4 is 23.1 Å². The first kappa shape index (κ1) is 21.8. The van der Waals surface area contributed by atoms with Gasteiger partial charge in [0.1, 0.15) is 5.75 Å². The Labute approximate surface area is 170 Å². The van der Waals surface area contributed by atoms with Gasteiger partial charge < -0.3 is 21.5 Å². The fourth-order valence-corrected chi connectivity index (χ4v) is 3.59. The molecule has 0 aliphatic carbocycles. The highest BCUT2D eigenvalue weighted by atomic mass is 32.1. The first-order valence-corrected chi connectivity index (χ1v) is 10.1. The molecule has 0 fully saturated rings. The van der Waals surface area contributed by atoms with Crippen LogP contribution in [0.2, 0.25) is 0 Å². The summed E-state index contributed by atoms with van der Waals surface area (Å²) in [6.07, 6.45) is 2.89. The number of rotatable bonds is 9. The lowest BCUT2D eigenvalue weighted by atomic mass is 9.97. The zero-order valence-electron chi connectivity index (χ0n) is 16.9. The summed E-state index contributed by atoms with van der Waals surface area (Å²) in [7, 11) is 1.68. The number of aliphatic imine (C=N–C) groups is 1. The number of carbonyl (C=O) groups excluding carboxylic acids is 1. The van der Waals surface area contributed by atoms with Crippen molar-refractivity contribution in [3.8, 4) is 5.75 Å². The van der Waals surface area contributed by atoms with E-state index in [2.05, 4.69) is 22.2 Å². The van der Waals surface area contributed by atoms with Gasteiger partial charge in [0.15, 0.2) is 11.0 Å². The second-order valence-electron chi connectivity index (χ2n) is 6.70. The third kappa shape index (κ3) is 5.53. The highest BCUT2D eigenvalue weighted by molar-refractivity contribution is 7.11. The average Bonchev–Trinajstić information content (AvgIpc) is 3.21. The van der Waals surface area contributed by atoms with E-state index < -0.39 is 6.04 Å². The largest absolute Gasteiger partial charge is 0.496 e. The number of nitrogens with two attached hydrogens (primary N) is 2. The number of nitrogens with one attached hydrogen (secondary N) is 1. The summed E-state index contributed by atoms with van der Waals surface area (Å²) in [6, 6.07) is 1.48. The Bertz CT molecular complexity index is 834. The van der Waals surface area contributed by atoms with Gasteiger partial charge in [-0.15, -0.1) is 11.3 Å². The van der Waals surface area contributed by atoms with Gasteiger partial charge in [-0.3, -0.25) is 4.79 Å². The molecule has 1 aromatic carbocycles. The molecule has 28 heavy (non-hydrogen) atoms. The molecule has 0 aliphatic heterocycles. The highest BCUT2D eigenvalue weighted by Gasteiger charge is 2.17. The summed E-state index contributed by atoms with van der Waals surface area (Å²) in [5.74, 6) is 1.15. The van der Waals surface area contributed by atoms with Gasteiger partial charge >= 0.3 is 0 Å². The molecule has 0 bridgehead atoms. The number of methoxy groups -OCH3 is 1. The number of nitrogens with zero attached hydrogens (tertiary/aromatic N) is 2. The number of thiazole rings is 1. The molecule has 1 heterocycles. The van der Waals surface area contributed by atoms with Crippen LogP contribution < -0.4 is 21.5 Å². The van der Waals surface area contributed by atoms with Crippen molar-refractivity contribution in [3.63, 3.8) is 0 Å². The van der Waals surface area contributed by atoms with Crippen LogP contribution in [0, 0.1) is 20.8 Å². The molecule has 0 amide bonds. The van der Waals surface area contributed by atoms with Crippen molar-refractivity contribution in [1.82, 2.24) is 10.3 Å². The summed E-state index contributed by atoms with van der Waals surface area (Å²) in [5.41, 5.74) is 16.5. The van der Waals surface area contributed by atoms with Crippen molar-refractivity contribution in [1.29, 1.82) is 0 Å². The van der Waals surface area contributed by atoms with Crippen LogP contribution >= 0.6 is 11.3 Å². The minimum absolute atomic E-state index is 0.113. The zero-order valence-corrected chi connectivity index (χ0v) is 17.7. The van der Waals surface area contributed by atoms with Gasteiger partial charge in [-0.05, 0) is 61.9 Å². The van der Waals surface area contributed by atoms with Gasteiger partial charge in [-0.1, -0.05) is 0 Å². The van der Waals surface area contributed by atoms with E-state index in [1.54, 1.807) is 18.7 Å². The minimum atomic E-state index is -0.543. The maximum atomic E-state index is 12.1. The summed E-state index contributed by atoms with van der Waals surface area (Å²) in [6.45, 7) is 7.26. The normalized spacial score (nSPS) is 12.7. The number of aryl methyl sites for hydroxylation is 1. The molecule has 0 aliphatic rings. The number of guanidine groups is 1. The van der Waals surface area contributed by atoms with E-state index in [-0.39, 0.29) is 5.78 Å². The van der Waals surface area contributed by atoms with Crippen LogP contribution in [0.1, 0.15) is 44.9 Å². The van der Waals surface area contributed by atoms with Crippen molar-refractivity contribution in [2.45, 2.75) is 46.2 Å². The molecule has 0 radical (unpaired) electrons. The first-order valence-electron chi connectivity index (χ1n) is 9.21. The highest BCUT2D eigenvalue weighted by Crippen LogP contribution is 2.27. The molecule has 7 nitrogen and oxygen atoms in total. The van der Waals surface area contributed by atoms with Crippen LogP contribution in [0.25, 0.3) is 0 Å². The van der Waals surface area contributed by atoms with Crippen LogP contribution in [0.3, 0.4) is 0 Å². The fourth-order valence-electron chi connectivity index (χ4n) is 2.95. The average molecular weight is 404 g/mol. The predicted octanol–water partition coefficient (Wildman–Crippen LogP) is 2.47. The maximum Gasteiger partial charge on any atom is 0.207 e. The van der Waals surface area contributed by atoms with E-state index in [1.807, 2.05) is 19.9 Å². The molecule has 0 saturated heterocycles. The number of benzene rings is 1. The number of ether oxygens (including phenoxy) is 1. The van der Waals surface area contributed by atoms with Crippen molar-refractivity contribution in [2.75, 3.05) is 13.7 Å². The first-order chi connectivity index (χ1) is 13.3. The molecular formula is C20H29N5O2S. The van der Waals surface area contributed by atoms with Crippen molar-refractivity contribution in [3.05, 3.63) is 44.9 Å². The second kappa shape index (κ2) is 10.2. The Balaban J connectivity index is 1.82. The van der Waals surface area contributed by atoms with Gasteiger partial charge in [0.2, 0.25) is 5.78 Å². The van der Waals surface area contributed by atoms with Crippen molar-refractivity contribution in [2.24, 2.45) is 16.5 Å². The Morgan fingerprint density at radius 2 is 2.11 bits per heavy atom. The molecule has 5 N–H and O–H groups in total. The summed E-state index contributed by atoms with van der Waals surface area (Å²) in [5, 5.41) is 5.31. The van der Waals surface area contributed by atoms with Gasteiger partial charge in [-0.2, -0.15) is 0 Å². The van der Waals surface area contributed by atoms with Gasteiger partial charge in [0.05, 0.1) is 19.7 Å². The van der Waals surface area contributed by atoms with Crippen molar-refractivity contribution < 1.29 is 9.53 Å². The molecule has 8 heteroatoms. The molecular weight excluding hydrogens is 374 g/mol. The van der Waals surface area contributed by atoms with Crippen LogP contribution in [0.15, 0.2) is 22.6 Å². The lowest BCUT2D eigenvalue weighted by Gasteiger charge is -2.15. The minimum Gasteiger partial charge on any atom is -0.496 e. The number of hydrogen-bond donors (Lipinski definition) is 3. The van der Waals surface area contributed by atoms with Crippen LogP contribution in [-0.4, -0.2) is 36.4 Å². The zero-order chi connectivity index (χ0) is 20.7. The SMILES string of the molecule is COc1cc(C)c(CN=C(N)NCCCC(N)C(=O)c2nccs2)c(C)c1C. The number of hydrogen-bond acceptors (Lipinski definition) is 6. The molecule has 0 spiro atoms. The van der Waals surface area contributed by atoms with Crippen LogP contribution in [0.4, 0.5) is 0 Å². The van der Waals surface area contributed by atoms with E-state index in [0.29, 0.717) is 36.9 Å². The van der Waals surface area contributed by atoms with Gasteiger partial charge in [0, 0.05) is 18.1 Å². The maximum absolute atomic E-state index is 12.1. The van der Waals surface area contributed by atoms with E-state index >= 15 is 0 Å². The predicted molar refractivity (Wildman–Crippen MR) is 114 cm³/mol. The smallest absolute Gasteiger partial charge is 0.207 e. The van der Waals surface area contributed by atoms with E-state index in [0.717, 1.165) is 22.4 Å². The molecule has 0 saturated carbocycles. The third-order valence-electron chi connectivity index (χ3n) is 4.81. The summed E-state index contributed by atoms with van der Waals surface area (Å²) < 4.78 is 5.40. The number of aromatic nitrogens is 1. The Morgan fingerprint density at radius 3 is 2.75 bits per heavy atom. The molecule has 152 valence electrons. The Hall–Kier alpha value is -2.45.